The number of hydrogen-bond donors (Lipinski definition) is 3. The fourth-order valence-electron chi connectivity index (χ4n) is 12.3. The Bertz CT molecular complexity index is 1460. The summed E-state index contributed by atoms with van der Waals surface area (Å²) < 4.78 is 10.8. The van der Waals surface area contributed by atoms with Gasteiger partial charge in [-0.05, 0) is 116 Å². The highest BCUT2D eigenvalue weighted by molar-refractivity contribution is 6.07. The van der Waals surface area contributed by atoms with Gasteiger partial charge in [0.05, 0.1) is 24.4 Å². The number of allylic oxidation sites excluding steroid dienone is 1. The third-order valence-corrected chi connectivity index (χ3v) is 15.1. The molecule has 10 heteroatoms. The Morgan fingerprint density at radius 1 is 0.880 bits per heavy atom. The van der Waals surface area contributed by atoms with E-state index in [-0.39, 0.29) is 77.2 Å². The molecule has 4 fully saturated rings. The molecular weight excluding hydrogens is 636 g/mol. The summed E-state index contributed by atoms with van der Waals surface area (Å²) in [5.74, 6) is -0.533. The van der Waals surface area contributed by atoms with E-state index in [0.29, 0.717) is 18.3 Å². The van der Waals surface area contributed by atoms with Crippen LogP contribution < -0.4 is 10.6 Å². The number of nitrogens with one attached hydrogen (secondary N) is 2. The molecule has 0 unspecified atom stereocenters. The van der Waals surface area contributed by atoms with Gasteiger partial charge in [-0.25, -0.2) is 4.79 Å². The molecule has 0 spiro atoms. The summed E-state index contributed by atoms with van der Waals surface area (Å²) in [6.45, 7) is 19.7. The molecular formula is C40H62N2O8. The first-order valence-electron chi connectivity index (χ1n) is 18.9. The third-order valence-electron chi connectivity index (χ3n) is 15.1. The van der Waals surface area contributed by atoms with E-state index in [2.05, 4.69) is 63.8 Å². The van der Waals surface area contributed by atoms with Crippen LogP contribution >= 0.6 is 0 Å². The van der Waals surface area contributed by atoms with Crippen LogP contribution in [-0.2, 0) is 28.7 Å². The van der Waals surface area contributed by atoms with E-state index in [9.17, 15) is 29.1 Å². The number of carboxylic acid groups (broad SMARTS) is 1. The van der Waals surface area contributed by atoms with Crippen LogP contribution in [0.15, 0.2) is 11.1 Å². The van der Waals surface area contributed by atoms with Crippen LogP contribution in [0.2, 0.25) is 0 Å². The molecule has 3 N–H and O–H groups in total. The van der Waals surface area contributed by atoms with E-state index < -0.39 is 28.9 Å². The highest BCUT2D eigenvalue weighted by atomic mass is 16.5. The van der Waals surface area contributed by atoms with Gasteiger partial charge in [-0.2, -0.15) is 0 Å². The average molecular weight is 699 g/mol. The number of rotatable bonds is 9. The first-order valence-corrected chi connectivity index (χ1v) is 18.9. The van der Waals surface area contributed by atoms with Crippen LogP contribution in [0.25, 0.3) is 0 Å². The molecule has 0 heterocycles. The molecule has 5 aliphatic rings. The highest BCUT2D eigenvalue weighted by Gasteiger charge is 2.71. The van der Waals surface area contributed by atoms with Gasteiger partial charge < -0.3 is 25.2 Å². The molecule has 0 aromatic heterocycles. The summed E-state index contributed by atoms with van der Waals surface area (Å²) in [5, 5.41) is 15.3. The number of methoxy groups -OCH3 is 1. The molecule has 5 rings (SSSR count). The van der Waals surface area contributed by atoms with E-state index in [1.807, 2.05) is 0 Å². The summed E-state index contributed by atoms with van der Waals surface area (Å²) in [4.78, 5) is 64.4. The summed E-state index contributed by atoms with van der Waals surface area (Å²) in [6, 6.07) is 0. The Hall–Kier alpha value is -2.91. The normalized spacial score (nSPS) is 37.5. The summed E-state index contributed by atoms with van der Waals surface area (Å²) in [7, 11) is 1.30. The van der Waals surface area contributed by atoms with E-state index in [4.69, 9.17) is 4.74 Å². The summed E-state index contributed by atoms with van der Waals surface area (Å²) in [5.41, 5.74) is -0.446. The van der Waals surface area contributed by atoms with Gasteiger partial charge in [0.2, 0.25) is 5.91 Å². The second kappa shape index (κ2) is 12.9. The first-order chi connectivity index (χ1) is 23.1. The molecule has 0 aliphatic heterocycles. The zero-order valence-corrected chi connectivity index (χ0v) is 32.2. The van der Waals surface area contributed by atoms with E-state index >= 15 is 0 Å². The number of carbonyl (C=O) groups is 5. The first kappa shape index (κ1) is 38.3. The molecule has 4 saturated carbocycles. The van der Waals surface area contributed by atoms with Gasteiger partial charge in [-0.15, -0.1) is 0 Å². The Balaban J connectivity index is 1.42. The number of fused-ring (bicyclic) bond motifs is 7. The van der Waals surface area contributed by atoms with Crippen molar-refractivity contribution < 1.29 is 38.6 Å². The van der Waals surface area contributed by atoms with Crippen LogP contribution in [0.5, 0.6) is 0 Å². The van der Waals surface area contributed by atoms with Crippen LogP contribution in [0, 0.1) is 56.2 Å². The van der Waals surface area contributed by atoms with Crippen LogP contribution in [0.3, 0.4) is 0 Å². The fraction of sp³-hybridized carbons (Fsp3) is 0.825. The van der Waals surface area contributed by atoms with E-state index in [1.54, 1.807) is 13.8 Å². The van der Waals surface area contributed by atoms with Crippen molar-refractivity contribution in [3.63, 3.8) is 0 Å². The van der Waals surface area contributed by atoms with Crippen molar-refractivity contribution in [3.8, 4) is 0 Å². The molecule has 0 aromatic rings. The summed E-state index contributed by atoms with van der Waals surface area (Å²) >= 11 is 0. The number of esters is 1. The van der Waals surface area contributed by atoms with Crippen LogP contribution in [0.1, 0.15) is 127 Å². The average Bonchev–Trinajstić information content (AvgIpc) is 3.33. The lowest BCUT2D eigenvalue weighted by molar-refractivity contribution is -0.233. The fourth-order valence-corrected chi connectivity index (χ4v) is 12.3. The maximum atomic E-state index is 14.2. The topological polar surface area (TPSA) is 148 Å². The zero-order chi connectivity index (χ0) is 37.2. The number of alkyl carbamates (subject to hydrolysis) is 1. The second-order valence-corrected chi connectivity index (χ2v) is 18.7. The van der Waals surface area contributed by atoms with Gasteiger partial charge in [-0.1, -0.05) is 48.5 Å². The smallest absolute Gasteiger partial charge is 0.406 e. The minimum absolute atomic E-state index is 0.0138. The molecule has 0 radical (unpaired) electrons. The van der Waals surface area contributed by atoms with Crippen LogP contribution in [-0.4, -0.2) is 61.1 Å². The van der Waals surface area contributed by atoms with Crippen molar-refractivity contribution in [2.75, 3.05) is 20.2 Å². The Morgan fingerprint density at radius 3 is 2.16 bits per heavy atom. The highest BCUT2D eigenvalue weighted by Crippen LogP contribution is 2.76. The number of aliphatic carboxylic acids is 1. The van der Waals surface area contributed by atoms with Crippen molar-refractivity contribution in [2.45, 2.75) is 133 Å². The number of ether oxygens (including phenoxy) is 2. The molecule has 50 heavy (non-hydrogen) atoms. The van der Waals surface area contributed by atoms with Crippen molar-refractivity contribution in [1.29, 1.82) is 0 Å². The predicted molar refractivity (Wildman–Crippen MR) is 189 cm³/mol. The minimum Gasteiger partial charge on any atom is -0.481 e. The third kappa shape index (κ3) is 5.79. The summed E-state index contributed by atoms with van der Waals surface area (Å²) in [6.07, 6.45) is 6.40. The molecule has 0 saturated heterocycles. The van der Waals surface area contributed by atoms with Gasteiger partial charge in [0.1, 0.15) is 6.10 Å². The standard InChI is InChI=1S/C40H62N2O8/c1-23(2)30-25(43)21-40(32(45)41-19-20-42-34(48)49-10)18-17-38(8)24(31(30)40)11-12-27-37(7)15-14-28(50-29(44)22-35(3,4)33(46)47)36(5,6)26(37)13-16-39(27,38)9/h23-24,26-28H,11-22H2,1-10H3,(H,41,45)(H,42,48)(H,46,47)/t24-,26+,27-,28+,37+,38-,39-,40-/m1/s1. The molecule has 10 nitrogen and oxygen atoms in total. The number of carboxylic acids is 1. The van der Waals surface area contributed by atoms with Crippen molar-refractivity contribution in [3.05, 3.63) is 11.1 Å². The van der Waals surface area contributed by atoms with Gasteiger partial charge in [0, 0.05) is 24.9 Å². The number of amides is 2. The Morgan fingerprint density at radius 2 is 1.54 bits per heavy atom. The van der Waals surface area contributed by atoms with Gasteiger partial charge in [0.25, 0.3) is 0 Å². The number of ketones is 1. The minimum atomic E-state index is -1.18. The zero-order valence-electron chi connectivity index (χ0n) is 32.2. The van der Waals surface area contributed by atoms with Gasteiger partial charge >= 0.3 is 18.0 Å². The van der Waals surface area contributed by atoms with Crippen LogP contribution in [0.4, 0.5) is 4.79 Å². The van der Waals surface area contributed by atoms with Crippen molar-refractivity contribution >= 4 is 29.7 Å². The molecule has 280 valence electrons. The number of Topliss-reactive ketones (excluding diaryl/α,β-unsaturated/α-hetero) is 1. The van der Waals surface area contributed by atoms with Crippen molar-refractivity contribution in [1.82, 2.24) is 10.6 Å². The SMILES string of the molecule is COC(=O)NCCNC(=O)[C@@]12CC[C@]3(C)[C@H](CC[C@@H]4[C@@]5(C)CC[C@H](OC(=O)CC(C)(C)C(=O)O)C(C)(C)[C@@H]5CC[C@]43C)C1=C(C(C)C)C(=O)C2. The maximum absolute atomic E-state index is 14.2. The molecule has 5 aliphatic carbocycles. The van der Waals surface area contributed by atoms with Gasteiger partial charge in [0.15, 0.2) is 5.78 Å². The lowest BCUT2D eigenvalue weighted by atomic mass is 9.33. The number of hydrogen-bond acceptors (Lipinski definition) is 7. The molecule has 2 amide bonds. The predicted octanol–water partition coefficient (Wildman–Crippen LogP) is 6.85. The molecule has 0 bridgehead atoms. The largest absolute Gasteiger partial charge is 0.481 e. The Labute approximate surface area is 298 Å². The lowest BCUT2D eigenvalue weighted by Gasteiger charge is -2.72. The second-order valence-electron chi connectivity index (χ2n) is 18.7. The van der Waals surface area contributed by atoms with Gasteiger partial charge in [-0.3, -0.25) is 19.2 Å². The van der Waals surface area contributed by atoms with E-state index in [1.165, 1.54) is 7.11 Å². The molecule has 0 aromatic carbocycles. The Kier molecular flexibility index (Phi) is 9.92. The number of carbonyl (C=O) groups excluding carboxylic acids is 4. The van der Waals surface area contributed by atoms with E-state index in [0.717, 1.165) is 56.1 Å². The molecule has 8 atom stereocenters. The maximum Gasteiger partial charge on any atom is 0.406 e. The van der Waals surface area contributed by atoms with Crippen molar-refractivity contribution in [2.24, 2.45) is 56.2 Å². The monoisotopic (exact) mass is 698 g/mol. The lowest BCUT2D eigenvalue weighted by Crippen LogP contribution is -2.66. The quantitative estimate of drug-likeness (QED) is 0.175.